The van der Waals surface area contributed by atoms with Crippen molar-refractivity contribution in [3.63, 3.8) is 0 Å². The topological polar surface area (TPSA) is 48.5 Å². The van der Waals surface area contributed by atoms with Gasteiger partial charge in [-0.3, -0.25) is 9.69 Å². The number of benzene rings is 1. The molecule has 132 valence electrons. The van der Waals surface area contributed by atoms with Crippen molar-refractivity contribution in [3.8, 4) is 0 Å². The smallest absolute Gasteiger partial charge is 0.225 e. The minimum Gasteiger partial charge on any atom is -0.369 e. The summed E-state index contributed by atoms with van der Waals surface area (Å²) in [7, 11) is 0. The summed E-state index contributed by atoms with van der Waals surface area (Å²) in [4.78, 5) is 21.1. The van der Waals surface area contributed by atoms with Crippen LogP contribution in [0.15, 0.2) is 48.7 Å². The molecule has 1 aromatic heterocycles. The number of carbonyl (C=O) groups excluding carboxylic acids is 1. The van der Waals surface area contributed by atoms with Crippen LogP contribution in [0.25, 0.3) is 0 Å². The van der Waals surface area contributed by atoms with Gasteiger partial charge in [0.1, 0.15) is 5.82 Å². The highest BCUT2D eigenvalue weighted by Gasteiger charge is 2.17. The molecule has 1 aliphatic rings. The Labute approximate surface area is 149 Å². The first kappa shape index (κ1) is 17.4. The van der Waals surface area contributed by atoms with Crippen LogP contribution in [0.4, 0.5) is 11.5 Å². The number of anilines is 2. The largest absolute Gasteiger partial charge is 0.369 e. The lowest BCUT2D eigenvalue weighted by Gasteiger charge is -2.36. The standard InChI is InChI=1S/C20H26N4O/c1-17-7-5-11-21-20(17)22-19(25)10-6-12-23-13-15-24(16-14-23)18-8-3-2-4-9-18/h2-5,7-9,11H,6,10,12-16H2,1H3,(H,21,22,25). The molecule has 0 saturated carbocycles. The molecule has 5 nitrogen and oxygen atoms in total. The Morgan fingerprint density at radius 2 is 1.84 bits per heavy atom. The van der Waals surface area contributed by atoms with E-state index < -0.39 is 0 Å². The monoisotopic (exact) mass is 338 g/mol. The molecule has 5 heteroatoms. The minimum absolute atomic E-state index is 0.0460. The van der Waals surface area contributed by atoms with Gasteiger partial charge in [0.25, 0.3) is 0 Å². The first-order valence-corrected chi connectivity index (χ1v) is 8.96. The first-order chi connectivity index (χ1) is 12.2. The third-order valence-electron chi connectivity index (χ3n) is 4.64. The van der Waals surface area contributed by atoms with Gasteiger partial charge in [-0.05, 0) is 43.7 Å². The average Bonchev–Trinajstić information content (AvgIpc) is 2.65. The van der Waals surface area contributed by atoms with Gasteiger partial charge in [-0.25, -0.2) is 4.98 Å². The van der Waals surface area contributed by atoms with Crippen molar-refractivity contribution in [1.29, 1.82) is 0 Å². The third-order valence-corrected chi connectivity index (χ3v) is 4.64. The lowest BCUT2D eigenvalue weighted by molar-refractivity contribution is -0.116. The number of carbonyl (C=O) groups is 1. The summed E-state index contributed by atoms with van der Waals surface area (Å²) in [5.74, 6) is 0.716. The number of aryl methyl sites for hydroxylation is 1. The predicted molar refractivity (Wildman–Crippen MR) is 102 cm³/mol. The summed E-state index contributed by atoms with van der Waals surface area (Å²) in [6.07, 6.45) is 3.12. The third kappa shape index (κ3) is 5.03. The van der Waals surface area contributed by atoms with E-state index in [1.807, 2.05) is 19.1 Å². The van der Waals surface area contributed by atoms with Crippen molar-refractivity contribution < 1.29 is 4.79 Å². The van der Waals surface area contributed by atoms with Gasteiger partial charge in [-0.1, -0.05) is 24.3 Å². The number of pyridine rings is 1. The lowest BCUT2D eigenvalue weighted by atomic mass is 10.2. The van der Waals surface area contributed by atoms with Crippen molar-refractivity contribution in [1.82, 2.24) is 9.88 Å². The first-order valence-electron chi connectivity index (χ1n) is 8.96. The Morgan fingerprint density at radius 3 is 2.56 bits per heavy atom. The van der Waals surface area contributed by atoms with Crippen molar-refractivity contribution in [2.75, 3.05) is 42.9 Å². The summed E-state index contributed by atoms with van der Waals surface area (Å²) >= 11 is 0. The van der Waals surface area contributed by atoms with E-state index in [4.69, 9.17) is 0 Å². The van der Waals surface area contributed by atoms with Crippen LogP contribution in [0, 0.1) is 6.92 Å². The molecule has 1 amide bonds. The fraction of sp³-hybridized carbons (Fsp3) is 0.400. The zero-order chi connectivity index (χ0) is 17.5. The molecule has 2 heterocycles. The molecule has 0 bridgehead atoms. The fourth-order valence-electron chi connectivity index (χ4n) is 3.14. The van der Waals surface area contributed by atoms with Gasteiger partial charge in [0.05, 0.1) is 0 Å². The van der Waals surface area contributed by atoms with Crippen molar-refractivity contribution in [2.45, 2.75) is 19.8 Å². The van der Waals surface area contributed by atoms with E-state index in [-0.39, 0.29) is 5.91 Å². The van der Waals surface area contributed by atoms with Crippen LogP contribution in [0.5, 0.6) is 0 Å². The molecule has 1 N–H and O–H groups in total. The molecule has 2 aromatic rings. The Balaban J connectivity index is 1.36. The summed E-state index contributed by atoms with van der Waals surface area (Å²) in [5, 5.41) is 2.90. The number of nitrogens with zero attached hydrogens (tertiary/aromatic N) is 3. The fourth-order valence-corrected chi connectivity index (χ4v) is 3.14. The number of hydrogen-bond acceptors (Lipinski definition) is 4. The maximum atomic E-state index is 12.1. The maximum Gasteiger partial charge on any atom is 0.225 e. The molecule has 1 saturated heterocycles. The van der Waals surface area contributed by atoms with Crippen LogP contribution < -0.4 is 10.2 Å². The van der Waals surface area contributed by atoms with E-state index in [2.05, 4.69) is 50.4 Å². The van der Waals surface area contributed by atoms with E-state index >= 15 is 0 Å². The molecular weight excluding hydrogens is 312 g/mol. The molecule has 1 fully saturated rings. The number of rotatable bonds is 6. The highest BCUT2D eigenvalue weighted by molar-refractivity contribution is 5.90. The Morgan fingerprint density at radius 1 is 1.08 bits per heavy atom. The average molecular weight is 338 g/mol. The number of piperazine rings is 1. The SMILES string of the molecule is Cc1cccnc1NC(=O)CCCN1CCN(c2ccccc2)CC1. The second kappa shape index (κ2) is 8.62. The second-order valence-corrected chi connectivity index (χ2v) is 6.48. The van der Waals surface area contributed by atoms with Crippen LogP contribution in [-0.2, 0) is 4.79 Å². The zero-order valence-electron chi connectivity index (χ0n) is 14.8. The molecule has 0 spiro atoms. The van der Waals surface area contributed by atoms with E-state index in [0.29, 0.717) is 12.2 Å². The highest BCUT2D eigenvalue weighted by atomic mass is 16.1. The molecule has 1 aromatic carbocycles. The molecule has 0 atom stereocenters. The van der Waals surface area contributed by atoms with Gasteiger partial charge in [0, 0.05) is 44.5 Å². The summed E-state index contributed by atoms with van der Waals surface area (Å²) < 4.78 is 0. The molecule has 1 aliphatic heterocycles. The molecule has 0 aliphatic carbocycles. The lowest BCUT2D eigenvalue weighted by Crippen LogP contribution is -2.46. The summed E-state index contributed by atoms with van der Waals surface area (Å²) in [6.45, 7) is 7.12. The van der Waals surface area contributed by atoms with Gasteiger partial charge >= 0.3 is 0 Å². The Kier molecular flexibility index (Phi) is 6.01. The van der Waals surface area contributed by atoms with Crippen LogP contribution >= 0.6 is 0 Å². The van der Waals surface area contributed by atoms with E-state index in [1.165, 1.54) is 5.69 Å². The van der Waals surface area contributed by atoms with E-state index in [1.54, 1.807) is 6.20 Å². The Hall–Kier alpha value is -2.40. The molecular formula is C20H26N4O. The Bertz CT molecular complexity index is 681. The number of amides is 1. The van der Waals surface area contributed by atoms with Gasteiger partial charge in [0.2, 0.25) is 5.91 Å². The zero-order valence-corrected chi connectivity index (χ0v) is 14.8. The van der Waals surface area contributed by atoms with Crippen LogP contribution in [0.1, 0.15) is 18.4 Å². The highest BCUT2D eigenvalue weighted by Crippen LogP contribution is 2.16. The van der Waals surface area contributed by atoms with Gasteiger partial charge in [-0.2, -0.15) is 0 Å². The molecule has 3 rings (SSSR count). The van der Waals surface area contributed by atoms with E-state index in [9.17, 15) is 4.79 Å². The van der Waals surface area contributed by atoms with E-state index in [0.717, 1.165) is 44.7 Å². The number of aromatic nitrogens is 1. The normalized spacial score (nSPS) is 15.2. The number of nitrogens with one attached hydrogen (secondary N) is 1. The maximum absolute atomic E-state index is 12.1. The molecule has 0 radical (unpaired) electrons. The quantitative estimate of drug-likeness (QED) is 0.880. The van der Waals surface area contributed by atoms with Crippen LogP contribution in [0.3, 0.4) is 0 Å². The molecule has 0 unspecified atom stereocenters. The van der Waals surface area contributed by atoms with Crippen molar-refractivity contribution in [3.05, 3.63) is 54.2 Å². The van der Waals surface area contributed by atoms with Gasteiger partial charge < -0.3 is 10.2 Å². The van der Waals surface area contributed by atoms with Crippen molar-refractivity contribution >= 4 is 17.4 Å². The van der Waals surface area contributed by atoms with Crippen LogP contribution in [0.2, 0.25) is 0 Å². The van der Waals surface area contributed by atoms with Crippen LogP contribution in [-0.4, -0.2) is 48.5 Å². The summed E-state index contributed by atoms with van der Waals surface area (Å²) in [6, 6.07) is 14.4. The number of hydrogen-bond donors (Lipinski definition) is 1. The minimum atomic E-state index is 0.0460. The number of para-hydroxylation sites is 1. The molecule has 25 heavy (non-hydrogen) atoms. The van der Waals surface area contributed by atoms with Gasteiger partial charge in [0.15, 0.2) is 0 Å². The van der Waals surface area contributed by atoms with Crippen molar-refractivity contribution in [2.24, 2.45) is 0 Å². The summed E-state index contributed by atoms with van der Waals surface area (Å²) in [5.41, 5.74) is 2.29. The second-order valence-electron chi connectivity index (χ2n) is 6.48. The van der Waals surface area contributed by atoms with Gasteiger partial charge in [-0.15, -0.1) is 0 Å². The predicted octanol–water partition coefficient (Wildman–Crippen LogP) is 2.93.